The van der Waals surface area contributed by atoms with Gasteiger partial charge in [-0.15, -0.1) is 11.3 Å². The molecule has 2 rings (SSSR count). The Labute approximate surface area is 111 Å². The summed E-state index contributed by atoms with van der Waals surface area (Å²) in [7, 11) is 1.91. The standard InChI is InChI=1S/C12H19N5S/c1-4-5-10-11(13)12(17(3)16-10)15-7-9-6-14-8(2)18-9/h6,15H,4-5,7,13H2,1-3H3. The normalized spacial score (nSPS) is 10.8. The first kappa shape index (κ1) is 12.9. The van der Waals surface area contributed by atoms with Crippen molar-refractivity contribution in [2.45, 2.75) is 33.2 Å². The van der Waals surface area contributed by atoms with E-state index in [4.69, 9.17) is 5.73 Å². The van der Waals surface area contributed by atoms with Gasteiger partial charge in [0.05, 0.1) is 22.9 Å². The first-order valence-electron chi connectivity index (χ1n) is 6.08. The minimum absolute atomic E-state index is 0.737. The number of anilines is 2. The van der Waals surface area contributed by atoms with Crippen molar-refractivity contribution in [3.8, 4) is 0 Å². The molecule has 2 aromatic heterocycles. The number of nitrogens with one attached hydrogen (secondary N) is 1. The van der Waals surface area contributed by atoms with Crippen molar-refractivity contribution >= 4 is 22.8 Å². The van der Waals surface area contributed by atoms with E-state index in [1.165, 1.54) is 4.88 Å². The number of aryl methyl sites for hydroxylation is 3. The van der Waals surface area contributed by atoms with Crippen LogP contribution in [0, 0.1) is 6.92 Å². The highest BCUT2D eigenvalue weighted by Gasteiger charge is 2.12. The molecule has 0 aliphatic heterocycles. The van der Waals surface area contributed by atoms with Crippen molar-refractivity contribution in [1.82, 2.24) is 14.8 Å². The topological polar surface area (TPSA) is 68.8 Å². The van der Waals surface area contributed by atoms with Gasteiger partial charge in [-0.25, -0.2) is 4.98 Å². The Hall–Kier alpha value is -1.56. The van der Waals surface area contributed by atoms with Crippen LogP contribution >= 0.6 is 11.3 Å². The Bertz CT molecular complexity index is 529. The van der Waals surface area contributed by atoms with Gasteiger partial charge < -0.3 is 11.1 Å². The molecule has 0 atom stereocenters. The summed E-state index contributed by atoms with van der Waals surface area (Å²) in [5, 5.41) is 8.85. The second kappa shape index (κ2) is 5.39. The molecule has 98 valence electrons. The van der Waals surface area contributed by atoms with E-state index in [1.54, 1.807) is 11.3 Å². The molecule has 18 heavy (non-hydrogen) atoms. The first-order valence-corrected chi connectivity index (χ1v) is 6.90. The highest BCUT2D eigenvalue weighted by Crippen LogP contribution is 2.24. The van der Waals surface area contributed by atoms with E-state index >= 15 is 0 Å². The third-order valence-electron chi connectivity index (χ3n) is 2.75. The minimum atomic E-state index is 0.737. The monoisotopic (exact) mass is 265 g/mol. The summed E-state index contributed by atoms with van der Waals surface area (Å²) in [5.74, 6) is 0.893. The Kier molecular flexibility index (Phi) is 3.86. The third-order valence-corrected chi connectivity index (χ3v) is 3.66. The lowest BCUT2D eigenvalue weighted by Crippen LogP contribution is -2.05. The van der Waals surface area contributed by atoms with Gasteiger partial charge in [-0.3, -0.25) is 4.68 Å². The van der Waals surface area contributed by atoms with Gasteiger partial charge in [0.1, 0.15) is 5.82 Å². The number of aromatic nitrogens is 3. The summed E-state index contributed by atoms with van der Waals surface area (Å²) < 4.78 is 1.81. The maximum absolute atomic E-state index is 6.10. The molecule has 0 amide bonds. The lowest BCUT2D eigenvalue weighted by atomic mass is 10.2. The number of hydrogen-bond acceptors (Lipinski definition) is 5. The zero-order valence-electron chi connectivity index (χ0n) is 11.0. The van der Waals surface area contributed by atoms with Gasteiger partial charge in [0, 0.05) is 18.1 Å². The van der Waals surface area contributed by atoms with Crippen LogP contribution in [0.4, 0.5) is 11.5 Å². The lowest BCUT2D eigenvalue weighted by Gasteiger charge is -2.05. The van der Waals surface area contributed by atoms with E-state index in [-0.39, 0.29) is 0 Å². The fourth-order valence-corrected chi connectivity index (χ4v) is 2.62. The third kappa shape index (κ3) is 2.64. The zero-order chi connectivity index (χ0) is 13.1. The number of rotatable bonds is 5. The summed E-state index contributed by atoms with van der Waals surface area (Å²) >= 11 is 1.69. The van der Waals surface area contributed by atoms with Crippen LogP contribution in [0.25, 0.3) is 0 Å². The highest BCUT2D eigenvalue weighted by molar-refractivity contribution is 7.11. The number of nitrogens with zero attached hydrogens (tertiary/aromatic N) is 3. The van der Waals surface area contributed by atoms with Crippen molar-refractivity contribution in [1.29, 1.82) is 0 Å². The molecule has 0 saturated carbocycles. The van der Waals surface area contributed by atoms with Crippen LogP contribution in [0.1, 0.15) is 28.9 Å². The maximum Gasteiger partial charge on any atom is 0.148 e. The first-order chi connectivity index (χ1) is 8.61. The van der Waals surface area contributed by atoms with Crippen LogP contribution in [-0.4, -0.2) is 14.8 Å². The SMILES string of the molecule is CCCc1nn(C)c(NCc2cnc(C)s2)c1N. The van der Waals surface area contributed by atoms with Gasteiger partial charge in [-0.2, -0.15) is 5.10 Å². The average molecular weight is 265 g/mol. The summed E-state index contributed by atoms with van der Waals surface area (Å²) in [6, 6.07) is 0. The van der Waals surface area contributed by atoms with Gasteiger partial charge >= 0.3 is 0 Å². The van der Waals surface area contributed by atoms with Crippen LogP contribution < -0.4 is 11.1 Å². The molecule has 0 radical (unpaired) electrons. The van der Waals surface area contributed by atoms with Crippen LogP contribution in [0.15, 0.2) is 6.20 Å². The van der Waals surface area contributed by atoms with Crippen LogP contribution in [-0.2, 0) is 20.0 Å². The Morgan fingerprint density at radius 2 is 2.28 bits per heavy atom. The molecule has 0 unspecified atom stereocenters. The highest BCUT2D eigenvalue weighted by atomic mass is 32.1. The van der Waals surface area contributed by atoms with Crippen LogP contribution in [0.5, 0.6) is 0 Å². The van der Waals surface area contributed by atoms with Crippen LogP contribution in [0.3, 0.4) is 0 Å². The smallest absolute Gasteiger partial charge is 0.148 e. The number of hydrogen-bond donors (Lipinski definition) is 2. The molecular weight excluding hydrogens is 246 g/mol. The Morgan fingerprint density at radius 1 is 1.50 bits per heavy atom. The second-order valence-corrected chi connectivity index (χ2v) is 5.60. The molecule has 0 bridgehead atoms. The van der Waals surface area contributed by atoms with Gasteiger partial charge in [0.15, 0.2) is 0 Å². The summed E-state index contributed by atoms with van der Waals surface area (Å²) in [5.41, 5.74) is 7.84. The second-order valence-electron chi connectivity index (χ2n) is 4.28. The summed E-state index contributed by atoms with van der Waals surface area (Å²) in [4.78, 5) is 5.43. The maximum atomic E-state index is 6.10. The molecule has 5 nitrogen and oxygen atoms in total. The van der Waals surface area contributed by atoms with E-state index in [0.717, 1.165) is 41.6 Å². The molecule has 0 aliphatic rings. The largest absolute Gasteiger partial charge is 0.394 e. The fourth-order valence-electron chi connectivity index (χ4n) is 1.88. The molecule has 0 fully saturated rings. The molecule has 2 aromatic rings. The Balaban J connectivity index is 2.09. The van der Waals surface area contributed by atoms with Crippen molar-refractivity contribution in [2.75, 3.05) is 11.1 Å². The lowest BCUT2D eigenvalue weighted by molar-refractivity contribution is 0.735. The zero-order valence-corrected chi connectivity index (χ0v) is 11.8. The van der Waals surface area contributed by atoms with Gasteiger partial charge in [0.25, 0.3) is 0 Å². The molecule has 0 aliphatic carbocycles. The van der Waals surface area contributed by atoms with Crippen LogP contribution in [0.2, 0.25) is 0 Å². The molecule has 0 saturated heterocycles. The molecule has 2 heterocycles. The van der Waals surface area contributed by atoms with E-state index in [2.05, 4.69) is 22.3 Å². The molecule has 0 aromatic carbocycles. The minimum Gasteiger partial charge on any atom is -0.394 e. The number of nitrogens with two attached hydrogens (primary N) is 1. The van der Waals surface area contributed by atoms with E-state index in [0.29, 0.717) is 0 Å². The number of thiazole rings is 1. The quantitative estimate of drug-likeness (QED) is 0.870. The van der Waals surface area contributed by atoms with Crippen molar-refractivity contribution < 1.29 is 0 Å². The van der Waals surface area contributed by atoms with E-state index in [1.807, 2.05) is 24.9 Å². The fraction of sp³-hybridized carbons (Fsp3) is 0.500. The van der Waals surface area contributed by atoms with Gasteiger partial charge in [0.2, 0.25) is 0 Å². The van der Waals surface area contributed by atoms with Crippen molar-refractivity contribution in [2.24, 2.45) is 7.05 Å². The average Bonchev–Trinajstić information content (AvgIpc) is 2.84. The predicted octanol–water partition coefficient (Wildman–Crippen LogP) is 2.33. The Morgan fingerprint density at radius 3 is 2.89 bits per heavy atom. The molecule has 0 spiro atoms. The molecule has 3 N–H and O–H groups in total. The summed E-state index contributed by atoms with van der Waals surface area (Å²) in [6.45, 7) is 4.87. The number of nitrogen functional groups attached to an aromatic ring is 1. The molecular formula is C12H19N5S. The van der Waals surface area contributed by atoms with Crippen molar-refractivity contribution in [3.63, 3.8) is 0 Å². The van der Waals surface area contributed by atoms with Gasteiger partial charge in [-0.05, 0) is 13.3 Å². The summed E-state index contributed by atoms with van der Waals surface area (Å²) in [6.07, 6.45) is 3.86. The van der Waals surface area contributed by atoms with E-state index in [9.17, 15) is 0 Å². The van der Waals surface area contributed by atoms with Crippen molar-refractivity contribution in [3.05, 3.63) is 21.8 Å². The molecule has 6 heteroatoms. The predicted molar refractivity (Wildman–Crippen MR) is 75.8 cm³/mol. The van der Waals surface area contributed by atoms with E-state index < -0.39 is 0 Å². The van der Waals surface area contributed by atoms with Gasteiger partial charge in [-0.1, -0.05) is 13.3 Å².